The van der Waals surface area contributed by atoms with Gasteiger partial charge in [-0.05, 0) is 38.0 Å². The molecule has 1 heterocycles. The molecule has 4 heteroatoms. The van der Waals surface area contributed by atoms with Crippen molar-refractivity contribution >= 4 is 11.6 Å². The van der Waals surface area contributed by atoms with Crippen LogP contribution in [0.3, 0.4) is 0 Å². The maximum atomic E-state index is 12.3. The van der Waals surface area contributed by atoms with E-state index in [0.29, 0.717) is 13.0 Å². The number of hydrogen-bond donors (Lipinski definition) is 1. The number of carbonyl (C=O) groups is 1. The number of nitrogens with zero attached hydrogens (tertiary/aromatic N) is 1. The van der Waals surface area contributed by atoms with E-state index in [1.807, 2.05) is 39.0 Å². The molecule has 0 bridgehead atoms. The fraction of sp³-hybridized carbons (Fsp3) is 0.500. The number of rotatable bonds is 3. The molecule has 2 atom stereocenters. The van der Waals surface area contributed by atoms with Gasteiger partial charge in [0.15, 0.2) is 6.10 Å². The van der Waals surface area contributed by atoms with Crippen molar-refractivity contribution in [2.45, 2.75) is 39.3 Å². The predicted octanol–water partition coefficient (Wildman–Crippen LogP) is 1.85. The molecule has 0 spiro atoms. The summed E-state index contributed by atoms with van der Waals surface area (Å²) in [4.78, 5) is 14.1. The van der Waals surface area contributed by atoms with Crippen molar-refractivity contribution < 1.29 is 9.53 Å². The highest BCUT2D eigenvalue weighted by atomic mass is 16.5. The van der Waals surface area contributed by atoms with Gasteiger partial charge in [-0.15, -0.1) is 0 Å². The summed E-state index contributed by atoms with van der Waals surface area (Å²) in [6.45, 7) is 6.36. The van der Waals surface area contributed by atoms with Crippen molar-refractivity contribution in [3.8, 4) is 5.75 Å². The first-order chi connectivity index (χ1) is 8.58. The molecule has 1 aliphatic rings. The van der Waals surface area contributed by atoms with Gasteiger partial charge in [0.25, 0.3) is 5.91 Å². The van der Waals surface area contributed by atoms with E-state index in [9.17, 15) is 4.79 Å². The normalized spacial score (nSPS) is 20.3. The van der Waals surface area contributed by atoms with Crippen molar-refractivity contribution in [3.63, 3.8) is 0 Å². The van der Waals surface area contributed by atoms with Crippen LogP contribution < -0.4 is 15.4 Å². The molecule has 2 rings (SSSR count). The smallest absolute Gasteiger partial charge is 0.268 e. The molecule has 1 aromatic rings. The Labute approximate surface area is 108 Å². The molecule has 2 unspecified atom stereocenters. The van der Waals surface area contributed by atoms with E-state index in [1.54, 1.807) is 4.90 Å². The van der Waals surface area contributed by atoms with Crippen LogP contribution in [0, 0.1) is 6.92 Å². The molecular formula is C14H20N2O2. The second kappa shape index (κ2) is 4.98. The number of aryl methyl sites for hydroxylation is 1. The minimum Gasteiger partial charge on any atom is -0.478 e. The first kappa shape index (κ1) is 12.9. The topological polar surface area (TPSA) is 55.6 Å². The molecule has 0 aliphatic carbocycles. The lowest BCUT2D eigenvalue weighted by Gasteiger charge is -2.37. The fourth-order valence-corrected chi connectivity index (χ4v) is 2.21. The summed E-state index contributed by atoms with van der Waals surface area (Å²) in [5, 5.41) is 0. The van der Waals surface area contributed by atoms with Gasteiger partial charge >= 0.3 is 0 Å². The Morgan fingerprint density at radius 1 is 1.50 bits per heavy atom. The summed E-state index contributed by atoms with van der Waals surface area (Å²) < 4.78 is 5.77. The Morgan fingerprint density at radius 2 is 2.22 bits per heavy atom. The lowest BCUT2D eigenvalue weighted by atomic mass is 10.1. The largest absolute Gasteiger partial charge is 0.478 e. The number of amides is 1. The average molecular weight is 248 g/mol. The second-order valence-corrected chi connectivity index (χ2v) is 4.78. The van der Waals surface area contributed by atoms with Crippen LogP contribution in [0.25, 0.3) is 0 Å². The van der Waals surface area contributed by atoms with Crippen LogP contribution in [0.1, 0.15) is 25.8 Å². The molecule has 1 amide bonds. The molecule has 0 saturated carbocycles. The Kier molecular flexibility index (Phi) is 3.57. The quantitative estimate of drug-likeness (QED) is 0.888. The maximum absolute atomic E-state index is 12.3. The second-order valence-electron chi connectivity index (χ2n) is 4.78. The number of ether oxygens (including phenoxy) is 1. The number of benzene rings is 1. The van der Waals surface area contributed by atoms with Crippen LogP contribution in [0.2, 0.25) is 0 Å². The van der Waals surface area contributed by atoms with E-state index in [4.69, 9.17) is 10.5 Å². The fourth-order valence-electron chi connectivity index (χ4n) is 2.21. The summed E-state index contributed by atoms with van der Waals surface area (Å²) in [6, 6.07) is 5.87. The maximum Gasteiger partial charge on any atom is 0.268 e. The van der Waals surface area contributed by atoms with Crippen LogP contribution in [0.4, 0.5) is 5.69 Å². The summed E-state index contributed by atoms with van der Waals surface area (Å²) in [5.41, 5.74) is 7.65. The van der Waals surface area contributed by atoms with Crippen molar-refractivity contribution in [1.82, 2.24) is 0 Å². The first-order valence-corrected chi connectivity index (χ1v) is 6.39. The van der Waals surface area contributed by atoms with Gasteiger partial charge in [-0.25, -0.2) is 0 Å². The minimum absolute atomic E-state index is 0.00630. The molecular weight excluding hydrogens is 228 g/mol. The highest BCUT2D eigenvalue weighted by Gasteiger charge is 2.35. The molecule has 1 aromatic carbocycles. The molecule has 98 valence electrons. The summed E-state index contributed by atoms with van der Waals surface area (Å²) in [7, 11) is 0. The third kappa shape index (κ3) is 2.08. The standard InChI is InChI=1S/C14H20N2O2/c1-4-12-14(17)16(10(3)8-15)11-6-5-9(2)7-13(11)18-12/h5-7,10,12H,4,8,15H2,1-3H3. The first-order valence-electron chi connectivity index (χ1n) is 6.39. The van der Waals surface area contributed by atoms with Crippen LogP contribution in [-0.4, -0.2) is 24.6 Å². The number of hydrogen-bond acceptors (Lipinski definition) is 3. The van der Waals surface area contributed by atoms with Gasteiger partial charge in [0.1, 0.15) is 5.75 Å². The van der Waals surface area contributed by atoms with Crippen molar-refractivity contribution in [1.29, 1.82) is 0 Å². The number of fused-ring (bicyclic) bond motifs is 1. The average Bonchev–Trinajstić information content (AvgIpc) is 2.37. The van der Waals surface area contributed by atoms with Gasteiger partial charge in [0.05, 0.1) is 5.69 Å². The highest BCUT2D eigenvalue weighted by Crippen LogP contribution is 2.36. The molecule has 0 saturated heterocycles. The minimum atomic E-state index is -0.395. The lowest BCUT2D eigenvalue weighted by molar-refractivity contribution is -0.126. The monoisotopic (exact) mass is 248 g/mol. The molecule has 1 aliphatic heterocycles. The van der Waals surface area contributed by atoms with E-state index in [0.717, 1.165) is 17.0 Å². The van der Waals surface area contributed by atoms with Crippen LogP contribution >= 0.6 is 0 Å². The van der Waals surface area contributed by atoms with Gasteiger partial charge in [-0.2, -0.15) is 0 Å². The molecule has 0 aromatic heterocycles. The van der Waals surface area contributed by atoms with Crippen molar-refractivity contribution in [2.75, 3.05) is 11.4 Å². The zero-order valence-electron chi connectivity index (χ0n) is 11.1. The summed E-state index contributed by atoms with van der Waals surface area (Å²) in [6.07, 6.45) is 0.272. The molecule has 0 fully saturated rings. The molecule has 4 nitrogen and oxygen atoms in total. The Balaban J connectivity index is 2.48. The van der Waals surface area contributed by atoms with E-state index < -0.39 is 6.10 Å². The predicted molar refractivity (Wildman–Crippen MR) is 71.9 cm³/mol. The molecule has 0 radical (unpaired) electrons. The Morgan fingerprint density at radius 3 is 2.83 bits per heavy atom. The van der Waals surface area contributed by atoms with Gasteiger partial charge in [0, 0.05) is 12.6 Å². The molecule has 18 heavy (non-hydrogen) atoms. The number of nitrogens with two attached hydrogens (primary N) is 1. The lowest BCUT2D eigenvalue weighted by Crippen LogP contribution is -2.51. The van der Waals surface area contributed by atoms with Gasteiger partial charge in [0.2, 0.25) is 0 Å². The zero-order valence-corrected chi connectivity index (χ0v) is 11.1. The zero-order chi connectivity index (χ0) is 13.3. The highest BCUT2D eigenvalue weighted by molar-refractivity contribution is 6.00. The number of carbonyl (C=O) groups excluding carboxylic acids is 1. The third-order valence-corrected chi connectivity index (χ3v) is 3.31. The van der Waals surface area contributed by atoms with Gasteiger partial charge in [-0.3, -0.25) is 4.79 Å². The van der Waals surface area contributed by atoms with Crippen molar-refractivity contribution in [3.05, 3.63) is 23.8 Å². The van der Waals surface area contributed by atoms with E-state index >= 15 is 0 Å². The molecule has 2 N–H and O–H groups in total. The summed E-state index contributed by atoms with van der Waals surface area (Å²) in [5.74, 6) is 0.786. The Hall–Kier alpha value is -1.55. The van der Waals surface area contributed by atoms with Crippen LogP contribution in [-0.2, 0) is 4.79 Å². The number of anilines is 1. The van der Waals surface area contributed by atoms with E-state index in [1.165, 1.54) is 0 Å². The van der Waals surface area contributed by atoms with E-state index in [-0.39, 0.29) is 11.9 Å². The summed E-state index contributed by atoms with van der Waals surface area (Å²) >= 11 is 0. The van der Waals surface area contributed by atoms with Crippen LogP contribution in [0.15, 0.2) is 18.2 Å². The Bertz CT molecular complexity index is 459. The van der Waals surface area contributed by atoms with Crippen LogP contribution in [0.5, 0.6) is 5.75 Å². The van der Waals surface area contributed by atoms with Crippen molar-refractivity contribution in [2.24, 2.45) is 5.73 Å². The van der Waals surface area contributed by atoms with E-state index in [2.05, 4.69) is 0 Å². The third-order valence-electron chi connectivity index (χ3n) is 3.31. The van der Waals surface area contributed by atoms with Gasteiger partial charge in [-0.1, -0.05) is 13.0 Å². The SMILES string of the molecule is CCC1Oc2cc(C)ccc2N(C(C)CN)C1=O. The van der Waals surface area contributed by atoms with Gasteiger partial charge < -0.3 is 15.4 Å².